The van der Waals surface area contributed by atoms with Crippen LogP contribution in [0.4, 0.5) is 0 Å². The molecule has 0 aromatic heterocycles. The summed E-state index contributed by atoms with van der Waals surface area (Å²) >= 11 is 0. The lowest BCUT2D eigenvalue weighted by molar-refractivity contribution is 0.00149. The van der Waals surface area contributed by atoms with Crippen molar-refractivity contribution in [3.05, 3.63) is 12.3 Å². The molecule has 0 radical (unpaired) electrons. The van der Waals surface area contributed by atoms with Crippen LogP contribution in [0.2, 0.25) is 52.4 Å². The molecule has 0 unspecified atom stereocenters. The fourth-order valence-corrected chi connectivity index (χ4v) is 23.9. The van der Waals surface area contributed by atoms with E-state index >= 15 is 0 Å². The Morgan fingerprint density at radius 2 is 0.893 bits per heavy atom. The summed E-state index contributed by atoms with van der Waals surface area (Å²) in [4.78, 5) is 0. The van der Waals surface area contributed by atoms with E-state index in [2.05, 4.69) is 32.8 Å². The fourth-order valence-electron chi connectivity index (χ4n) is 2.97. The Hall–Kier alpha value is 0.544. The minimum absolute atomic E-state index is 0.447. The monoisotopic (exact) mass is 486 g/mol. The first-order valence-corrected chi connectivity index (χ1v) is 23.0. The molecule has 0 rings (SSSR count). The minimum Gasteiger partial charge on any atom is -0.433 e. The van der Waals surface area contributed by atoms with E-state index in [4.69, 9.17) is 29.7 Å². The SMILES string of the molecule is C=C[Si](C)(C)O[Si](C)(C)O[Si](C)(C)O[Si](C)(C)O[Si](OCC)(OCC)OCC. The maximum atomic E-state index is 6.48. The summed E-state index contributed by atoms with van der Waals surface area (Å²) in [7, 11) is -12.8. The zero-order valence-electron chi connectivity index (χ0n) is 19.8. The summed E-state index contributed by atoms with van der Waals surface area (Å²) in [6.07, 6.45) is 0. The normalized spacial score (nSPS) is 14.4. The highest BCUT2D eigenvalue weighted by molar-refractivity contribution is 6.90. The zero-order chi connectivity index (χ0) is 22.3. The van der Waals surface area contributed by atoms with Gasteiger partial charge in [-0.25, -0.2) is 0 Å². The third-order valence-corrected chi connectivity index (χ3v) is 21.1. The molecular formula is C16H42O7Si5. The molecule has 0 aliphatic rings. The highest BCUT2D eigenvalue weighted by Gasteiger charge is 2.53. The van der Waals surface area contributed by atoms with Gasteiger partial charge in [-0.1, -0.05) is 5.70 Å². The van der Waals surface area contributed by atoms with Crippen molar-refractivity contribution in [3.63, 3.8) is 0 Å². The Kier molecular flexibility index (Phi) is 11.5. The number of rotatable bonds is 15. The van der Waals surface area contributed by atoms with Crippen LogP contribution in [0.15, 0.2) is 12.3 Å². The summed E-state index contributed by atoms with van der Waals surface area (Å²) in [5.41, 5.74) is 1.93. The van der Waals surface area contributed by atoms with Gasteiger partial charge in [0.2, 0.25) is 0 Å². The molecule has 0 aromatic rings. The van der Waals surface area contributed by atoms with E-state index in [1.54, 1.807) is 0 Å². The smallest absolute Gasteiger partial charge is 0.433 e. The molecule has 0 heterocycles. The van der Waals surface area contributed by atoms with E-state index in [-0.39, 0.29) is 0 Å². The lowest BCUT2D eigenvalue weighted by Gasteiger charge is -2.41. The third-order valence-electron chi connectivity index (χ3n) is 3.32. The first kappa shape index (κ1) is 28.5. The van der Waals surface area contributed by atoms with E-state index in [9.17, 15) is 0 Å². The predicted octanol–water partition coefficient (Wildman–Crippen LogP) is 4.63. The Morgan fingerprint density at radius 3 is 1.21 bits per heavy atom. The second kappa shape index (κ2) is 11.2. The molecule has 0 spiro atoms. The van der Waals surface area contributed by atoms with Gasteiger partial charge >= 0.3 is 34.7 Å². The molecule has 0 fully saturated rings. The van der Waals surface area contributed by atoms with Gasteiger partial charge in [0.15, 0.2) is 8.32 Å². The lowest BCUT2D eigenvalue weighted by Crippen LogP contribution is -2.61. The van der Waals surface area contributed by atoms with Crippen LogP contribution in [0, 0.1) is 0 Å². The van der Waals surface area contributed by atoms with Gasteiger partial charge in [-0.05, 0) is 73.1 Å². The molecule has 0 amide bonds. The van der Waals surface area contributed by atoms with Crippen LogP contribution < -0.4 is 0 Å². The van der Waals surface area contributed by atoms with Crippen molar-refractivity contribution in [3.8, 4) is 0 Å². The van der Waals surface area contributed by atoms with Gasteiger partial charge in [0.05, 0.1) is 0 Å². The van der Waals surface area contributed by atoms with Crippen molar-refractivity contribution in [2.45, 2.75) is 73.1 Å². The summed E-state index contributed by atoms with van der Waals surface area (Å²) < 4.78 is 43.1. The molecule has 12 heteroatoms. The molecule has 0 bridgehead atoms. The van der Waals surface area contributed by atoms with Gasteiger partial charge in [-0.2, -0.15) is 0 Å². The van der Waals surface area contributed by atoms with E-state index in [1.807, 2.05) is 52.7 Å². The van der Waals surface area contributed by atoms with E-state index in [1.165, 1.54) is 0 Å². The molecule has 0 saturated carbocycles. The predicted molar refractivity (Wildman–Crippen MR) is 125 cm³/mol. The third kappa shape index (κ3) is 11.1. The largest absolute Gasteiger partial charge is 0.670 e. The van der Waals surface area contributed by atoms with E-state index < -0.39 is 43.0 Å². The first-order chi connectivity index (χ1) is 12.6. The quantitative estimate of drug-likeness (QED) is 0.313. The molecule has 0 atom stereocenters. The Labute approximate surface area is 178 Å². The van der Waals surface area contributed by atoms with E-state index in [0.29, 0.717) is 19.8 Å². The zero-order valence-corrected chi connectivity index (χ0v) is 24.8. The molecule has 0 aromatic carbocycles. The summed E-state index contributed by atoms with van der Waals surface area (Å²) in [6, 6.07) is 0. The molecule has 28 heavy (non-hydrogen) atoms. The first-order valence-electron chi connectivity index (χ1n) is 9.93. The van der Waals surface area contributed by atoms with Crippen molar-refractivity contribution >= 4 is 43.0 Å². The fraction of sp³-hybridized carbons (Fsp3) is 0.875. The average Bonchev–Trinajstić information content (AvgIpc) is 2.43. The van der Waals surface area contributed by atoms with Gasteiger partial charge in [-0.15, -0.1) is 6.58 Å². The highest BCUT2D eigenvalue weighted by atomic mass is 28.5. The summed E-state index contributed by atoms with van der Waals surface area (Å²) in [6.45, 7) is 27.3. The topological polar surface area (TPSA) is 64.6 Å². The molecule has 0 N–H and O–H groups in total. The number of hydrogen-bond acceptors (Lipinski definition) is 7. The molecule has 0 saturated heterocycles. The van der Waals surface area contributed by atoms with Crippen molar-refractivity contribution in [1.29, 1.82) is 0 Å². The van der Waals surface area contributed by atoms with Gasteiger partial charge < -0.3 is 29.7 Å². The highest BCUT2D eigenvalue weighted by Crippen LogP contribution is 2.27. The minimum atomic E-state index is -3.26. The van der Waals surface area contributed by atoms with Crippen LogP contribution in [0.3, 0.4) is 0 Å². The van der Waals surface area contributed by atoms with Gasteiger partial charge in [0.25, 0.3) is 0 Å². The number of hydrogen-bond donors (Lipinski definition) is 0. The van der Waals surface area contributed by atoms with Gasteiger partial charge in [0, 0.05) is 19.8 Å². The maximum Gasteiger partial charge on any atom is 0.670 e. The summed E-state index contributed by atoms with van der Waals surface area (Å²) in [5, 5.41) is 0. The van der Waals surface area contributed by atoms with Gasteiger partial charge in [-0.3, -0.25) is 0 Å². The molecule has 0 aliphatic heterocycles. The Bertz CT molecular complexity index is 469. The Morgan fingerprint density at radius 1 is 0.571 bits per heavy atom. The molecule has 168 valence electrons. The van der Waals surface area contributed by atoms with Crippen molar-refractivity contribution in [2.75, 3.05) is 19.8 Å². The van der Waals surface area contributed by atoms with Gasteiger partial charge in [0.1, 0.15) is 0 Å². The van der Waals surface area contributed by atoms with Crippen LogP contribution in [0.5, 0.6) is 0 Å². The lowest BCUT2D eigenvalue weighted by atomic mass is 10.9. The second-order valence-electron chi connectivity index (χ2n) is 8.21. The molecule has 7 nitrogen and oxygen atoms in total. The van der Waals surface area contributed by atoms with Crippen LogP contribution in [0.1, 0.15) is 20.8 Å². The average molecular weight is 487 g/mol. The molecular weight excluding hydrogens is 445 g/mol. The summed E-state index contributed by atoms with van der Waals surface area (Å²) in [5.74, 6) is 0. The van der Waals surface area contributed by atoms with Crippen molar-refractivity contribution < 1.29 is 29.7 Å². The van der Waals surface area contributed by atoms with Crippen LogP contribution >= 0.6 is 0 Å². The van der Waals surface area contributed by atoms with Crippen LogP contribution in [-0.4, -0.2) is 62.9 Å². The van der Waals surface area contributed by atoms with E-state index in [0.717, 1.165) is 0 Å². The van der Waals surface area contributed by atoms with Crippen molar-refractivity contribution in [2.24, 2.45) is 0 Å². The second-order valence-corrected chi connectivity index (χ2v) is 25.4. The maximum absolute atomic E-state index is 6.48. The van der Waals surface area contributed by atoms with Crippen molar-refractivity contribution in [1.82, 2.24) is 0 Å². The standard InChI is InChI=1S/C16H42O7Si5/c1-13-17-28(18-14-2,19-15-3)23-27(11,12)22-26(9,10)21-25(7,8)20-24(5,6)16-4/h16H,4,13-15H2,1-3,5-12H3. The Balaban J connectivity index is 5.32. The van der Waals surface area contributed by atoms with Crippen LogP contribution in [0.25, 0.3) is 0 Å². The van der Waals surface area contributed by atoms with Crippen LogP contribution in [-0.2, 0) is 29.7 Å². The molecule has 0 aliphatic carbocycles.